The van der Waals surface area contributed by atoms with Crippen molar-refractivity contribution in [3.8, 4) is 11.5 Å². The highest BCUT2D eigenvalue weighted by atomic mass is 32.2. The minimum atomic E-state index is 0.409. The molecule has 0 N–H and O–H groups in total. The smallest absolute Gasteiger partial charge is 0.191 e. The number of para-hydroxylation sites is 1. The molecule has 0 spiro atoms. The number of hydrogen-bond acceptors (Lipinski definition) is 5. The van der Waals surface area contributed by atoms with Crippen LogP contribution in [-0.4, -0.2) is 27.1 Å². The van der Waals surface area contributed by atoms with Gasteiger partial charge in [-0.05, 0) is 44.5 Å². The Bertz CT molecular complexity index is 865. The van der Waals surface area contributed by atoms with Gasteiger partial charge in [0.15, 0.2) is 11.0 Å². The first-order valence-corrected chi connectivity index (χ1v) is 10.1. The molecule has 0 bridgehead atoms. The molecule has 0 saturated heterocycles. The second-order valence-corrected chi connectivity index (χ2v) is 7.27. The summed E-state index contributed by atoms with van der Waals surface area (Å²) < 4.78 is 13.8. The summed E-state index contributed by atoms with van der Waals surface area (Å²) in [6.45, 7) is 8.07. The number of thioether (sulfide) groups is 1. The molecule has 0 saturated carbocycles. The van der Waals surface area contributed by atoms with Crippen LogP contribution in [0.2, 0.25) is 0 Å². The fourth-order valence-corrected chi connectivity index (χ4v) is 3.60. The largest absolute Gasteiger partial charge is 0.493 e. The molecular formula is C21H25N3O2S. The molecule has 5 nitrogen and oxygen atoms in total. The third-order valence-corrected chi connectivity index (χ3v) is 5.05. The van der Waals surface area contributed by atoms with Crippen molar-refractivity contribution in [2.75, 3.05) is 12.4 Å². The second kappa shape index (κ2) is 9.46. The van der Waals surface area contributed by atoms with E-state index in [0.717, 1.165) is 40.3 Å². The zero-order chi connectivity index (χ0) is 19.1. The Morgan fingerprint density at radius 2 is 1.81 bits per heavy atom. The third-order valence-electron chi connectivity index (χ3n) is 4.12. The molecule has 3 rings (SSSR count). The van der Waals surface area contributed by atoms with Gasteiger partial charge >= 0.3 is 0 Å². The summed E-state index contributed by atoms with van der Waals surface area (Å²) in [6.07, 6.45) is 0. The van der Waals surface area contributed by atoms with E-state index in [4.69, 9.17) is 9.47 Å². The second-order valence-electron chi connectivity index (χ2n) is 6.21. The highest BCUT2D eigenvalue weighted by molar-refractivity contribution is 7.99. The number of aryl methyl sites for hydroxylation is 2. The molecule has 6 heteroatoms. The molecule has 0 atom stereocenters. The molecule has 0 amide bonds. The molecule has 0 aliphatic rings. The lowest BCUT2D eigenvalue weighted by Gasteiger charge is -2.11. The van der Waals surface area contributed by atoms with Crippen molar-refractivity contribution in [1.29, 1.82) is 0 Å². The summed E-state index contributed by atoms with van der Waals surface area (Å²) >= 11 is 1.65. The topological polar surface area (TPSA) is 49.2 Å². The Labute approximate surface area is 164 Å². The molecule has 0 aliphatic carbocycles. The monoisotopic (exact) mass is 383 g/mol. The summed E-state index contributed by atoms with van der Waals surface area (Å²) in [5.74, 6) is 3.42. The quantitative estimate of drug-likeness (QED) is 0.397. The molecule has 0 aliphatic heterocycles. The Balaban J connectivity index is 1.54. The fourth-order valence-electron chi connectivity index (χ4n) is 2.76. The Hall–Kier alpha value is -2.47. The van der Waals surface area contributed by atoms with Gasteiger partial charge in [0.2, 0.25) is 0 Å². The van der Waals surface area contributed by atoms with Crippen molar-refractivity contribution in [1.82, 2.24) is 14.8 Å². The van der Waals surface area contributed by atoms with Crippen molar-refractivity contribution in [2.45, 2.75) is 39.1 Å². The molecule has 0 fully saturated rings. The SMILES string of the molecule is CCn1c(COc2ccc(C)cc2C)nnc1SCCOc1ccccc1. The average Bonchev–Trinajstić information content (AvgIpc) is 3.07. The van der Waals surface area contributed by atoms with Crippen molar-refractivity contribution in [3.05, 3.63) is 65.5 Å². The number of benzene rings is 2. The van der Waals surface area contributed by atoms with Crippen molar-refractivity contribution < 1.29 is 9.47 Å². The van der Waals surface area contributed by atoms with Crippen LogP contribution in [0.3, 0.4) is 0 Å². The molecular weight excluding hydrogens is 358 g/mol. The van der Waals surface area contributed by atoms with Gasteiger partial charge in [0, 0.05) is 12.3 Å². The first-order valence-electron chi connectivity index (χ1n) is 9.10. The van der Waals surface area contributed by atoms with Crippen molar-refractivity contribution in [3.63, 3.8) is 0 Å². The van der Waals surface area contributed by atoms with Crippen LogP contribution < -0.4 is 9.47 Å². The van der Waals surface area contributed by atoms with E-state index in [9.17, 15) is 0 Å². The molecule has 1 heterocycles. The first kappa shape index (κ1) is 19.3. The number of hydrogen-bond donors (Lipinski definition) is 0. The predicted molar refractivity (Wildman–Crippen MR) is 109 cm³/mol. The van der Waals surface area contributed by atoms with Crippen LogP contribution in [0.25, 0.3) is 0 Å². The fraction of sp³-hybridized carbons (Fsp3) is 0.333. The molecule has 142 valence electrons. The zero-order valence-electron chi connectivity index (χ0n) is 16.0. The third kappa shape index (κ3) is 5.26. The normalized spacial score (nSPS) is 10.8. The summed E-state index contributed by atoms with van der Waals surface area (Å²) in [7, 11) is 0. The van der Waals surface area contributed by atoms with Gasteiger partial charge in [-0.3, -0.25) is 0 Å². The lowest BCUT2D eigenvalue weighted by molar-refractivity contribution is 0.286. The lowest BCUT2D eigenvalue weighted by Crippen LogP contribution is -2.08. The first-order chi connectivity index (χ1) is 13.2. The standard InChI is InChI=1S/C21H25N3O2S/c1-4-24-20(15-26-19-11-10-16(2)14-17(19)3)22-23-21(24)27-13-12-25-18-8-6-5-7-9-18/h5-11,14H,4,12-13,15H2,1-3H3. The van der Waals surface area contributed by atoms with E-state index in [2.05, 4.69) is 47.7 Å². The van der Waals surface area contributed by atoms with Gasteiger partial charge in [0.1, 0.15) is 18.1 Å². The summed E-state index contributed by atoms with van der Waals surface area (Å²) in [4.78, 5) is 0. The van der Waals surface area contributed by atoms with E-state index in [-0.39, 0.29) is 0 Å². The molecule has 3 aromatic rings. The Morgan fingerprint density at radius 3 is 2.56 bits per heavy atom. The van der Waals surface area contributed by atoms with Crippen molar-refractivity contribution >= 4 is 11.8 Å². The Kier molecular flexibility index (Phi) is 6.76. The zero-order valence-corrected chi connectivity index (χ0v) is 16.8. The van der Waals surface area contributed by atoms with Crippen LogP contribution in [0.15, 0.2) is 53.7 Å². The molecule has 1 aromatic heterocycles. The van der Waals surface area contributed by atoms with E-state index in [1.165, 1.54) is 5.56 Å². The van der Waals surface area contributed by atoms with Crippen LogP contribution in [-0.2, 0) is 13.2 Å². The summed E-state index contributed by atoms with van der Waals surface area (Å²) in [6, 6.07) is 16.0. The van der Waals surface area contributed by atoms with Gasteiger partial charge in [-0.25, -0.2) is 0 Å². The van der Waals surface area contributed by atoms with Gasteiger partial charge in [-0.1, -0.05) is 47.7 Å². The number of nitrogens with zero attached hydrogens (tertiary/aromatic N) is 3. The van der Waals surface area contributed by atoms with Gasteiger partial charge < -0.3 is 14.0 Å². The van der Waals surface area contributed by atoms with Crippen molar-refractivity contribution in [2.24, 2.45) is 0 Å². The van der Waals surface area contributed by atoms with Gasteiger partial charge in [0.05, 0.1) is 6.61 Å². The Morgan fingerprint density at radius 1 is 1.00 bits per heavy atom. The van der Waals surface area contributed by atoms with Gasteiger partial charge in [0.25, 0.3) is 0 Å². The molecule has 0 unspecified atom stereocenters. The number of ether oxygens (including phenoxy) is 2. The van der Waals surface area contributed by atoms with E-state index in [1.807, 2.05) is 36.4 Å². The number of aromatic nitrogens is 3. The van der Waals surface area contributed by atoms with Gasteiger partial charge in [-0.2, -0.15) is 0 Å². The van der Waals surface area contributed by atoms with Crippen LogP contribution >= 0.6 is 11.8 Å². The maximum Gasteiger partial charge on any atom is 0.191 e. The highest BCUT2D eigenvalue weighted by Gasteiger charge is 2.12. The molecule has 0 radical (unpaired) electrons. The maximum atomic E-state index is 5.96. The van der Waals surface area contributed by atoms with Crippen LogP contribution in [0.5, 0.6) is 11.5 Å². The van der Waals surface area contributed by atoms with Crippen LogP contribution in [0, 0.1) is 13.8 Å². The minimum absolute atomic E-state index is 0.409. The lowest BCUT2D eigenvalue weighted by atomic mass is 10.1. The van der Waals surface area contributed by atoms with Gasteiger partial charge in [-0.15, -0.1) is 10.2 Å². The van der Waals surface area contributed by atoms with E-state index >= 15 is 0 Å². The molecule has 27 heavy (non-hydrogen) atoms. The van der Waals surface area contributed by atoms with E-state index in [1.54, 1.807) is 11.8 Å². The summed E-state index contributed by atoms with van der Waals surface area (Å²) in [5.41, 5.74) is 2.36. The van der Waals surface area contributed by atoms with Crippen LogP contribution in [0.4, 0.5) is 0 Å². The maximum absolute atomic E-state index is 5.96. The predicted octanol–water partition coefficient (Wildman–Crippen LogP) is 4.66. The number of rotatable bonds is 9. The highest BCUT2D eigenvalue weighted by Crippen LogP contribution is 2.22. The summed E-state index contributed by atoms with van der Waals surface area (Å²) in [5, 5.41) is 9.53. The van der Waals surface area contributed by atoms with Crippen LogP contribution in [0.1, 0.15) is 23.9 Å². The average molecular weight is 384 g/mol. The molecule has 2 aromatic carbocycles. The minimum Gasteiger partial charge on any atom is -0.493 e. The van der Waals surface area contributed by atoms with E-state index in [0.29, 0.717) is 13.2 Å². The van der Waals surface area contributed by atoms with E-state index < -0.39 is 0 Å².